The second-order valence-electron chi connectivity index (χ2n) is 4.23. The van der Waals surface area contributed by atoms with Crippen LogP contribution in [0, 0.1) is 17.8 Å². The molecule has 0 saturated heterocycles. The summed E-state index contributed by atoms with van der Waals surface area (Å²) in [5.41, 5.74) is 7.96. The zero-order valence-corrected chi connectivity index (χ0v) is 13.2. The smallest absolute Gasteiger partial charge is 0.161 e. The summed E-state index contributed by atoms with van der Waals surface area (Å²) in [7, 11) is 0. The fraction of sp³-hybridized carbons (Fsp3) is 0.417. The van der Waals surface area contributed by atoms with Gasteiger partial charge in [-0.2, -0.15) is 0 Å². The Morgan fingerprint density at radius 1 is 1.47 bits per heavy atom. The van der Waals surface area contributed by atoms with Crippen LogP contribution in [0.15, 0.2) is 6.20 Å². The summed E-state index contributed by atoms with van der Waals surface area (Å²) in [6.45, 7) is 4.48. The summed E-state index contributed by atoms with van der Waals surface area (Å²) < 4.78 is 2.89. The van der Waals surface area contributed by atoms with Crippen LogP contribution >= 0.6 is 35.2 Å². The third-order valence-corrected chi connectivity index (χ3v) is 4.71. The topological polar surface area (TPSA) is 56.7 Å². The fourth-order valence-corrected chi connectivity index (χ4v) is 3.62. The van der Waals surface area contributed by atoms with Crippen LogP contribution in [-0.2, 0) is 13.0 Å². The van der Waals surface area contributed by atoms with Gasteiger partial charge in [0, 0.05) is 28.2 Å². The largest absolute Gasteiger partial charge is 0.383 e. The molecule has 0 unspecified atom stereocenters. The number of anilines is 1. The van der Waals surface area contributed by atoms with E-state index in [9.17, 15) is 0 Å². The molecule has 4 nitrogen and oxygen atoms in total. The van der Waals surface area contributed by atoms with E-state index < -0.39 is 0 Å². The summed E-state index contributed by atoms with van der Waals surface area (Å²) in [5, 5.41) is 0. The van der Waals surface area contributed by atoms with Crippen molar-refractivity contribution in [1.82, 2.24) is 14.5 Å². The van der Waals surface area contributed by atoms with Gasteiger partial charge in [0.25, 0.3) is 0 Å². The predicted molar refractivity (Wildman–Crippen MR) is 82.6 cm³/mol. The molecule has 0 spiro atoms. The highest BCUT2D eigenvalue weighted by Crippen LogP contribution is 2.22. The Hall–Kier alpha value is -0.980. The first-order valence-corrected chi connectivity index (χ1v) is 7.62. The van der Waals surface area contributed by atoms with Crippen LogP contribution in [0.5, 0.6) is 0 Å². The van der Waals surface area contributed by atoms with Crippen molar-refractivity contribution in [2.45, 2.75) is 26.8 Å². The lowest BCUT2D eigenvalue weighted by Gasteiger charge is -2.08. The lowest BCUT2D eigenvalue weighted by Crippen LogP contribution is -2.08. The van der Waals surface area contributed by atoms with Crippen molar-refractivity contribution in [2.75, 3.05) is 11.6 Å². The molecule has 2 aromatic heterocycles. The molecule has 7 heteroatoms. The molecule has 0 aliphatic rings. The van der Waals surface area contributed by atoms with Gasteiger partial charge in [-0.15, -0.1) is 22.9 Å². The molecular formula is C12H15ClN4S2. The van der Waals surface area contributed by atoms with Gasteiger partial charge in [0.05, 0.1) is 6.54 Å². The van der Waals surface area contributed by atoms with Crippen LogP contribution in [0.1, 0.15) is 22.0 Å². The van der Waals surface area contributed by atoms with E-state index in [-0.39, 0.29) is 0 Å². The van der Waals surface area contributed by atoms with Gasteiger partial charge >= 0.3 is 0 Å². The van der Waals surface area contributed by atoms with E-state index >= 15 is 0 Å². The molecule has 0 aliphatic carbocycles. The number of halogens is 1. The second kappa shape index (κ2) is 5.98. The molecule has 2 aromatic rings. The summed E-state index contributed by atoms with van der Waals surface area (Å²) in [4.78, 5) is 9.58. The van der Waals surface area contributed by atoms with Crippen LogP contribution < -0.4 is 5.73 Å². The number of rotatable bonds is 4. The van der Waals surface area contributed by atoms with Crippen molar-refractivity contribution in [3.8, 4) is 0 Å². The molecule has 0 saturated carbocycles. The number of nitrogen functional groups attached to an aromatic ring is 1. The Bertz CT molecular complexity index is 648. The minimum absolute atomic E-state index is 0.513. The predicted octanol–water partition coefficient (Wildman–Crippen LogP) is 3.10. The number of hydrogen-bond acceptors (Lipinski definition) is 5. The van der Waals surface area contributed by atoms with Gasteiger partial charge in [0.2, 0.25) is 0 Å². The summed E-state index contributed by atoms with van der Waals surface area (Å²) in [6.07, 6.45) is 2.60. The lowest BCUT2D eigenvalue weighted by atomic mass is 10.2. The minimum atomic E-state index is 0.513. The third kappa shape index (κ3) is 3.13. The van der Waals surface area contributed by atoms with E-state index in [4.69, 9.17) is 29.6 Å². The summed E-state index contributed by atoms with van der Waals surface area (Å²) >= 11 is 12.8. The maximum atomic E-state index is 5.92. The quantitative estimate of drug-likeness (QED) is 0.696. The number of alkyl halides is 1. The molecular weight excluding hydrogens is 300 g/mol. The first kappa shape index (κ1) is 14.4. The monoisotopic (exact) mass is 314 g/mol. The van der Waals surface area contributed by atoms with E-state index in [1.54, 1.807) is 17.5 Å². The number of nitrogens with zero attached hydrogens (tertiary/aromatic N) is 3. The number of nitrogens with two attached hydrogens (primary N) is 1. The molecule has 0 aliphatic heterocycles. The van der Waals surface area contributed by atoms with Gasteiger partial charge in [0.15, 0.2) is 3.95 Å². The minimum Gasteiger partial charge on any atom is -0.383 e. The molecule has 2 rings (SSSR count). The molecule has 0 radical (unpaired) electrons. The highest BCUT2D eigenvalue weighted by molar-refractivity contribution is 7.73. The molecule has 0 bridgehead atoms. The first-order chi connectivity index (χ1) is 9.02. The summed E-state index contributed by atoms with van der Waals surface area (Å²) in [5.74, 6) is 1.79. The molecule has 102 valence electrons. The number of hydrogen-bond donors (Lipinski definition) is 1. The molecule has 19 heavy (non-hydrogen) atoms. The average molecular weight is 315 g/mol. The van der Waals surface area contributed by atoms with Crippen molar-refractivity contribution >= 4 is 41.0 Å². The van der Waals surface area contributed by atoms with Gasteiger partial charge in [-0.3, -0.25) is 0 Å². The molecule has 0 atom stereocenters. The van der Waals surface area contributed by atoms with Crippen molar-refractivity contribution in [3.05, 3.63) is 32.1 Å². The van der Waals surface area contributed by atoms with Crippen LogP contribution in [0.3, 0.4) is 0 Å². The lowest BCUT2D eigenvalue weighted by molar-refractivity contribution is 0.756. The van der Waals surface area contributed by atoms with Crippen LogP contribution in [0.2, 0.25) is 0 Å². The van der Waals surface area contributed by atoms with Crippen LogP contribution in [0.25, 0.3) is 0 Å². The average Bonchev–Trinajstić information content (AvgIpc) is 2.60. The highest BCUT2D eigenvalue weighted by atomic mass is 35.5. The van der Waals surface area contributed by atoms with Gasteiger partial charge in [-0.05, 0) is 32.5 Å². The van der Waals surface area contributed by atoms with Crippen molar-refractivity contribution in [2.24, 2.45) is 0 Å². The zero-order valence-electron chi connectivity index (χ0n) is 10.8. The number of thiazole rings is 1. The molecule has 0 amide bonds. The maximum Gasteiger partial charge on any atom is 0.161 e. The summed E-state index contributed by atoms with van der Waals surface area (Å²) in [6, 6.07) is 0. The molecule has 0 aromatic carbocycles. The van der Waals surface area contributed by atoms with Gasteiger partial charge in [-0.25, -0.2) is 9.97 Å². The normalized spacial score (nSPS) is 10.9. The highest BCUT2D eigenvalue weighted by Gasteiger charge is 2.11. The van der Waals surface area contributed by atoms with Crippen molar-refractivity contribution in [1.29, 1.82) is 0 Å². The SMILES string of the molecule is Cc1ncc(Cn2c(C)c(CCCl)sc2=S)c(N)n1. The van der Waals surface area contributed by atoms with Crippen molar-refractivity contribution < 1.29 is 0 Å². The maximum absolute atomic E-state index is 5.92. The Balaban J connectivity index is 2.35. The van der Waals surface area contributed by atoms with Gasteiger partial charge in [-0.1, -0.05) is 0 Å². The standard InChI is InChI=1S/C12H15ClN4S2/c1-7-10(3-4-13)19-12(18)17(7)6-9-5-15-8(2)16-11(9)14/h5H,3-4,6H2,1-2H3,(H2,14,15,16). The van der Waals surface area contributed by atoms with Gasteiger partial charge in [0.1, 0.15) is 11.6 Å². The first-order valence-electron chi connectivity index (χ1n) is 5.86. The third-order valence-electron chi connectivity index (χ3n) is 2.91. The van der Waals surface area contributed by atoms with Crippen LogP contribution in [-0.4, -0.2) is 20.4 Å². The Labute approximate surface area is 126 Å². The number of aryl methyl sites for hydroxylation is 2. The second-order valence-corrected chi connectivity index (χ2v) is 6.34. The van der Waals surface area contributed by atoms with E-state index in [1.165, 1.54) is 4.88 Å². The van der Waals surface area contributed by atoms with Gasteiger partial charge < -0.3 is 10.3 Å². The van der Waals surface area contributed by atoms with E-state index in [0.29, 0.717) is 24.1 Å². The Kier molecular flexibility index (Phi) is 4.54. The van der Waals surface area contributed by atoms with Crippen molar-refractivity contribution in [3.63, 3.8) is 0 Å². The van der Waals surface area contributed by atoms with E-state index in [2.05, 4.69) is 21.5 Å². The molecule has 2 N–H and O–H groups in total. The Morgan fingerprint density at radius 2 is 2.21 bits per heavy atom. The molecule has 2 heterocycles. The Morgan fingerprint density at radius 3 is 2.84 bits per heavy atom. The fourth-order valence-electron chi connectivity index (χ4n) is 1.83. The molecule has 0 fully saturated rings. The zero-order chi connectivity index (χ0) is 14.0. The van der Waals surface area contributed by atoms with E-state index in [0.717, 1.165) is 21.6 Å². The van der Waals surface area contributed by atoms with Crippen LogP contribution in [0.4, 0.5) is 5.82 Å². The van der Waals surface area contributed by atoms with E-state index in [1.807, 2.05) is 6.92 Å². The number of aromatic nitrogens is 3.